The van der Waals surface area contributed by atoms with Crippen molar-refractivity contribution in [2.24, 2.45) is 45.8 Å². The van der Waals surface area contributed by atoms with Gasteiger partial charge >= 0.3 is 0 Å². The van der Waals surface area contributed by atoms with E-state index in [9.17, 15) is 4.79 Å². The summed E-state index contributed by atoms with van der Waals surface area (Å²) in [4.78, 5) is 12.2. The van der Waals surface area contributed by atoms with Crippen LogP contribution in [0.1, 0.15) is 79.1 Å². The topological polar surface area (TPSA) is 17.1 Å². The molecule has 0 aliphatic heterocycles. The van der Waals surface area contributed by atoms with Gasteiger partial charge in [0.25, 0.3) is 0 Å². The highest BCUT2D eigenvalue weighted by Crippen LogP contribution is 2.71. The van der Waals surface area contributed by atoms with Gasteiger partial charge in [-0.2, -0.15) is 0 Å². The summed E-state index contributed by atoms with van der Waals surface area (Å²) >= 11 is 0. The highest BCUT2D eigenvalue weighted by Gasteiger charge is 2.63. The first-order valence-corrected chi connectivity index (χ1v) is 10.4. The third-order valence-corrected chi connectivity index (χ3v) is 10.2. The number of allylic oxidation sites excluding steroid dienone is 1. The molecule has 134 valence electrons. The van der Waals surface area contributed by atoms with Gasteiger partial charge in [0.2, 0.25) is 0 Å². The number of hydrogen-bond acceptors (Lipinski definition) is 1. The Labute approximate surface area is 148 Å². The second kappa shape index (κ2) is 5.21. The van der Waals surface area contributed by atoms with Crippen LogP contribution in [0.5, 0.6) is 0 Å². The first-order chi connectivity index (χ1) is 11.3. The maximum Gasteiger partial charge on any atom is 0.133 e. The van der Waals surface area contributed by atoms with E-state index in [1.165, 1.54) is 38.5 Å². The second-order valence-corrected chi connectivity index (χ2v) is 10.5. The quantitative estimate of drug-likeness (QED) is 0.537. The summed E-state index contributed by atoms with van der Waals surface area (Å²) in [6.45, 7) is 14.2. The molecule has 1 nitrogen and oxygen atoms in total. The van der Waals surface area contributed by atoms with Gasteiger partial charge in [-0.05, 0) is 84.4 Å². The van der Waals surface area contributed by atoms with E-state index in [0.717, 1.165) is 30.6 Å². The lowest BCUT2D eigenvalue weighted by molar-refractivity contribution is -0.153. The Morgan fingerprint density at radius 2 is 1.71 bits per heavy atom. The molecule has 0 bridgehead atoms. The molecular weight excluding hydrogens is 292 g/mol. The number of hydrogen-bond donors (Lipinski definition) is 0. The van der Waals surface area contributed by atoms with Crippen LogP contribution in [0.4, 0.5) is 0 Å². The van der Waals surface area contributed by atoms with Gasteiger partial charge in [-0.15, -0.1) is 6.58 Å². The molecule has 0 aromatic heterocycles. The third kappa shape index (κ3) is 1.91. The molecule has 0 radical (unpaired) electrons. The summed E-state index contributed by atoms with van der Waals surface area (Å²) in [5, 5.41) is 0. The minimum atomic E-state index is 0.328. The Morgan fingerprint density at radius 1 is 1.00 bits per heavy atom. The molecule has 4 fully saturated rings. The standard InChI is InChI=1S/C23H36O/c1-6-21(3)11-9-19-18-8-7-16-14-17(24)13-15(2)23(16,5)20(18)10-12-22(19,21)4/h6,15-16,18-20H,1,7-14H2,2-5H3/t15-,16-,18-,19-,20-,21-,22-,23-/m0/s1. The second-order valence-electron chi connectivity index (χ2n) is 10.5. The average molecular weight is 329 g/mol. The van der Waals surface area contributed by atoms with E-state index in [1.54, 1.807) is 0 Å². The molecule has 4 aliphatic carbocycles. The summed E-state index contributed by atoms with van der Waals surface area (Å²) < 4.78 is 0. The van der Waals surface area contributed by atoms with Crippen LogP contribution in [0, 0.1) is 45.8 Å². The molecule has 0 N–H and O–H groups in total. The largest absolute Gasteiger partial charge is 0.300 e. The predicted molar refractivity (Wildman–Crippen MR) is 99.6 cm³/mol. The van der Waals surface area contributed by atoms with Gasteiger partial charge in [-0.3, -0.25) is 4.79 Å². The number of carbonyl (C=O) groups is 1. The molecule has 24 heavy (non-hydrogen) atoms. The molecule has 0 saturated heterocycles. The van der Waals surface area contributed by atoms with E-state index in [-0.39, 0.29) is 0 Å². The van der Waals surface area contributed by atoms with Gasteiger partial charge in [0.05, 0.1) is 0 Å². The van der Waals surface area contributed by atoms with Crippen molar-refractivity contribution in [3.05, 3.63) is 12.7 Å². The lowest BCUT2D eigenvalue weighted by Gasteiger charge is -2.63. The normalized spacial score (nSPS) is 57.0. The van der Waals surface area contributed by atoms with Gasteiger partial charge in [-0.1, -0.05) is 33.8 Å². The zero-order valence-corrected chi connectivity index (χ0v) is 16.2. The maximum absolute atomic E-state index is 12.2. The Balaban J connectivity index is 1.68. The Bertz CT molecular complexity index is 564. The minimum absolute atomic E-state index is 0.328. The van der Waals surface area contributed by atoms with Crippen LogP contribution < -0.4 is 0 Å². The van der Waals surface area contributed by atoms with Crippen molar-refractivity contribution < 1.29 is 4.79 Å². The van der Waals surface area contributed by atoms with Crippen molar-refractivity contribution in [2.75, 3.05) is 0 Å². The zero-order chi connectivity index (χ0) is 17.3. The van der Waals surface area contributed by atoms with Crippen LogP contribution in [0.2, 0.25) is 0 Å². The molecule has 4 saturated carbocycles. The highest BCUT2D eigenvalue weighted by molar-refractivity contribution is 5.80. The fourth-order valence-corrected chi connectivity index (χ4v) is 8.12. The third-order valence-electron chi connectivity index (χ3n) is 10.2. The van der Waals surface area contributed by atoms with Gasteiger partial charge in [0.15, 0.2) is 0 Å². The first-order valence-electron chi connectivity index (χ1n) is 10.4. The van der Waals surface area contributed by atoms with E-state index in [0.29, 0.717) is 33.9 Å². The molecule has 0 aromatic rings. The molecule has 8 atom stereocenters. The van der Waals surface area contributed by atoms with Crippen molar-refractivity contribution in [1.82, 2.24) is 0 Å². The van der Waals surface area contributed by atoms with Crippen molar-refractivity contribution >= 4 is 5.78 Å². The molecule has 0 spiro atoms. The summed E-state index contributed by atoms with van der Waals surface area (Å²) in [5.74, 6) is 4.39. The van der Waals surface area contributed by atoms with Crippen molar-refractivity contribution in [3.63, 3.8) is 0 Å². The first kappa shape index (κ1) is 16.9. The molecule has 1 heteroatoms. The maximum atomic E-state index is 12.2. The molecule has 0 unspecified atom stereocenters. The minimum Gasteiger partial charge on any atom is -0.300 e. The average Bonchev–Trinajstić information content (AvgIpc) is 2.81. The number of Topliss-reactive ketones (excluding diaryl/α,β-unsaturated/α-hetero) is 1. The molecule has 0 heterocycles. The highest BCUT2D eigenvalue weighted by atomic mass is 16.1. The van der Waals surface area contributed by atoms with E-state index >= 15 is 0 Å². The fourth-order valence-electron chi connectivity index (χ4n) is 8.12. The number of rotatable bonds is 1. The lowest BCUT2D eigenvalue weighted by atomic mass is 9.42. The van der Waals surface area contributed by atoms with E-state index in [4.69, 9.17) is 0 Å². The van der Waals surface area contributed by atoms with Crippen LogP contribution >= 0.6 is 0 Å². The summed E-state index contributed by atoms with van der Waals surface area (Å²) in [5.41, 5.74) is 1.19. The van der Waals surface area contributed by atoms with E-state index in [1.807, 2.05) is 0 Å². The van der Waals surface area contributed by atoms with E-state index in [2.05, 4.69) is 40.3 Å². The summed E-state index contributed by atoms with van der Waals surface area (Å²) in [6.07, 6.45) is 12.1. The monoisotopic (exact) mass is 328 g/mol. The molecule has 4 aliphatic rings. The molecule has 0 amide bonds. The van der Waals surface area contributed by atoms with E-state index < -0.39 is 0 Å². The van der Waals surface area contributed by atoms with Crippen molar-refractivity contribution in [3.8, 4) is 0 Å². The predicted octanol–water partition coefficient (Wildman–Crippen LogP) is 6.04. The number of ketones is 1. The number of carbonyl (C=O) groups excluding carboxylic acids is 1. The van der Waals surface area contributed by atoms with Crippen LogP contribution in [0.25, 0.3) is 0 Å². The SMILES string of the molecule is C=C[C@@]1(C)CC[C@H]2[C@@H]3CC[C@H]4CC(=O)C[C@H](C)[C@]4(C)[C@H]3CC[C@@]21C. The van der Waals surface area contributed by atoms with Crippen LogP contribution in [0.3, 0.4) is 0 Å². The zero-order valence-electron chi connectivity index (χ0n) is 16.2. The fraction of sp³-hybridized carbons (Fsp3) is 0.870. The van der Waals surface area contributed by atoms with Crippen molar-refractivity contribution in [1.29, 1.82) is 0 Å². The number of fused-ring (bicyclic) bond motifs is 5. The van der Waals surface area contributed by atoms with Crippen molar-refractivity contribution in [2.45, 2.75) is 79.1 Å². The van der Waals surface area contributed by atoms with Gasteiger partial charge in [-0.25, -0.2) is 0 Å². The Morgan fingerprint density at radius 3 is 2.42 bits per heavy atom. The van der Waals surface area contributed by atoms with Gasteiger partial charge in [0, 0.05) is 12.8 Å². The van der Waals surface area contributed by atoms with Crippen LogP contribution in [-0.4, -0.2) is 5.78 Å². The van der Waals surface area contributed by atoms with Crippen LogP contribution in [0.15, 0.2) is 12.7 Å². The molecule has 0 aromatic carbocycles. The summed E-state index contributed by atoms with van der Waals surface area (Å²) in [7, 11) is 0. The van der Waals surface area contributed by atoms with Crippen LogP contribution in [-0.2, 0) is 4.79 Å². The van der Waals surface area contributed by atoms with Gasteiger partial charge in [0.1, 0.15) is 5.78 Å². The van der Waals surface area contributed by atoms with Gasteiger partial charge < -0.3 is 0 Å². The summed E-state index contributed by atoms with van der Waals surface area (Å²) in [6, 6.07) is 0. The Kier molecular flexibility index (Phi) is 3.66. The lowest BCUT2D eigenvalue weighted by Crippen LogP contribution is -2.57. The molecule has 4 rings (SSSR count). The smallest absolute Gasteiger partial charge is 0.133 e. The molecular formula is C23H36O. The Hall–Kier alpha value is -0.590.